The van der Waals surface area contributed by atoms with Gasteiger partial charge in [0.05, 0.1) is 6.54 Å². The van der Waals surface area contributed by atoms with Crippen molar-refractivity contribution in [3.05, 3.63) is 33.2 Å². The minimum Gasteiger partial charge on any atom is -0.463 e. The molecule has 2 aliphatic rings. The van der Waals surface area contributed by atoms with Crippen molar-refractivity contribution < 1.29 is 19.1 Å². The number of rotatable bonds is 8. The number of aryl methyl sites for hydroxylation is 1. The predicted octanol–water partition coefficient (Wildman–Crippen LogP) is 2.50. The Kier molecular flexibility index (Phi) is 9.51. The molecule has 0 atom stereocenters. The number of nitrogens with zero attached hydrogens (tertiary/aromatic N) is 1. The molecule has 8 nitrogen and oxygen atoms in total. The summed E-state index contributed by atoms with van der Waals surface area (Å²) in [7, 11) is 0. The van der Waals surface area contributed by atoms with Crippen molar-refractivity contribution in [3.8, 4) is 0 Å². The molecular formula is C25H37N3O5. The Morgan fingerprint density at radius 2 is 1.70 bits per heavy atom. The molecule has 2 amide bonds. The van der Waals surface area contributed by atoms with Crippen LogP contribution in [0.1, 0.15) is 86.3 Å². The van der Waals surface area contributed by atoms with E-state index in [1.165, 1.54) is 32.6 Å². The third-order valence-corrected chi connectivity index (χ3v) is 6.64. The van der Waals surface area contributed by atoms with Gasteiger partial charge in [-0.1, -0.05) is 32.1 Å². The molecule has 182 valence electrons. The molecule has 0 unspecified atom stereocenters. The zero-order valence-electron chi connectivity index (χ0n) is 19.7. The Morgan fingerprint density at radius 1 is 1.00 bits per heavy atom. The molecule has 0 saturated heterocycles. The first kappa shape index (κ1) is 25.0. The zero-order chi connectivity index (χ0) is 23.6. The van der Waals surface area contributed by atoms with Crippen LogP contribution < -0.4 is 16.2 Å². The number of pyridine rings is 1. The van der Waals surface area contributed by atoms with Crippen molar-refractivity contribution in [1.29, 1.82) is 0 Å². The predicted molar refractivity (Wildman–Crippen MR) is 125 cm³/mol. The maximum atomic E-state index is 13.4. The highest BCUT2D eigenvalue weighted by Crippen LogP contribution is 2.27. The standard InChI is InChI=1S/C25H37N3O5/c1-18(29)26-13-14-33-23(30)16-27-24(31)21-15-20-11-7-2-3-8-12-22(20)28(25(21)32)17-19-9-5-4-6-10-19/h15,19H,2-14,16-17H2,1H3,(H,26,29)(H,27,31). The Hall–Kier alpha value is -2.64. The first-order valence-electron chi connectivity index (χ1n) is 12.4. The fourth-order valence-corrected chi connectivity index (χ4v) is 4.91. The van der Waals surface area contributed by atoms with Crippen LogP contribution in [0.4, 0.5) is 0 Å². The van der Waals surface area contributed by atoms with E-state index in [-0.39, 0.29) is 36.7 Å². The van der Waals surface area contributed by atoms with Crippen LogP contribution in [0.2, 0.25) is 0 Å². The maximum Gasteiger partial charge on any atom is 0.325 e. The van der Waals surface area contributed by atoms with E-state index >= 15 is 0 Å². The van der Waals surface area contributed by atoms with E-state index in [1.807, 2.05) is 4.57 Å². The van der Waals surface area contributed by atoms with E-state index in [9.17, 15) is 19.2 Å². The highest BCUT2D eigenvalue weighted by atomic mass is 16.5. The van der Waals surface area contributed by atoms with E-state index in [1.54, 1.807) is 6.07 Å². The molecule has 0 aliphatic heterocycles. The number of carbonyl (C=O) groups excluding carboxylic acids is 3. The molecule has 0 bridgehead atoms. The SMILES string of the molecule is CC(=O)NCCOC(=O)CNC(=O)c1cc2c(n(CC3CCCCC3)c1=O)CCCCCC2. The summed E-state index contributed by atoms with van der Waals surface area (Å²) in [6.45, 7) is 1.98. The summed E-state index contributed by atoms with van der Waals surface area (Å²) < 4.78 is 6.87. The van der Waals surface area contributed by atoms with Gasteiger partial charge in [0.25, 0.3) is 11.5 Å². The van der Waals surface area contributed by atoms with Gasteiger partial charge in [0, 0.05) is 19.2 Å². The number of hydrogen-bond acceptors (Lipinski definition) is 5. The average Bonchev–Trinajstić information content (AvgIpc) is 2.78. The van der Waals surface area contributed by atoms with Crippen LogP contribution in [-0.2, 0) is 33.7 Å². The van der Waals surface area contributed by atoms with Gasteiger partial charge in [0.15, 0.2) is 0 Å². The van der Waals surface area contributed by atoms with E-state index in [0.717, 1.165) is 56.2 Å². The van der Waals surface area contributed by atoms with Gasteiger partial charge in [-0.25, -0.2) is 0 Å². The lowest BCUT2D eigenvalue weighted by molar-refractivity contribution is -0.142. The number of nitrogens with one attached hydrogen (secondary N) is 2. The molecule has 1 saturated carbocycles. The number of aromatic nitrogens is 1. The molecule has 0 aromatic carbocycles. The third kappa shape index (κ3) is 7.44. The molecule has 0 spiro atoms. The molecule has 8 heteroatoms. The molecule has 2 aliphatic carbocycles. The van der Waals surface area contributed by atoms with Crippen molar-refractivity contribution in [2.24, 2.45) is 5.92 Å². The Bertz CT molecular complexity index is 902. The van der Waals surface area contributed by atoms with Crippen molar-refractivity contribution in [2.75, 3.05) is 19.7 Å². The van der Waals surface area contributed by atoms with E-state index in [0.29, 0.717) is 12.5 Å². The molecule has 0 radical (unpaired) electrons. The maximum absolute atomic E-state index is 13.4. The second kappa shape index (κ2) is 12.6. The van der Waals surface area contributed by atoms with Crippen LogP contribution in [-0.4, -0.2) is 42.0 Å². The van der Waals surface area contributed by atoms with Crippen LogP contribution in [0, 0.1) is 5.92 Å². The minimum atomic E-state index is -0.609. The van der Waals surface area contributed by atoms with E-state index < -0.39 is 11.9 Å². The lowest BCUT2D eigenvalue weighted by atomic mass is 9.88. The molecule has 2 N–H and O–H groups in total. The number of carbonyl (C=O) groups is 3. The van der Waals surface area contributed by atoms with Crippen LogP contribution in [0.3, 0.4) is 0 Å². The van der Waals surface area contributed by atoms with Gasteiger partial charge >= 0.3 is 5.97 Å². The summed E-state index contributed by atoms with van der Waals surface area (Å²) >= 11 is 0. The quantitative estimate of drug-likeness (QED) is 0.459. The number of hydrogen-bond donors (Lipinski definition) is 2. The Balaban J connectivity index is 1.73. The fraction of sp³-hybridized carbons (Fsp3) is 0.680. The van der Waals surface area contributed by atoms with Crippen LogP contribution in [0.5, 0.6) is 0 Å². The highest BCUT2D eigenvalue weighted by Gasteiger charge is 2.23. The van der Waals surface area contributed by atoms with Gasteiger partial charge in [-0.3, -0.25) is 19.2 Å². The van der Waals surface area contributed by atoms with Crippen molar-refractivity contribution >= 4 is 17.8 Å². The lowest BCUT2D eigenvalue weighted by Gasteiger charge is -2.26. The summed E-state index contributed by atoms with van der Waals surface area (Å²) in [6, 6.07) is 1.75. The number of esters is 1. The smallest absolute Gasteiger partial charge is 0.325 e. The number of ether oxygens (including phenoxy) is 1. The van der Waals surface area contributed by atoms with Crippen molar-refractivity contribution in [3.63, 3.8) is 0 Å². The Morgan fingerprint density at radius 3 is 2.42 bits per heavy atom. The summed E-state index contributed by atoms with van der Waals surface area (Å²) in [4.78, 5) is 49.1. The minimum absolute atomic E-state index is 0.0291. The largest absolute Gasteiger partial charge is 0.463 e. The topological polar surface area (TPSA) is 106 Å². The van der Waals surface area contributed by atoms with Gasteiger partial charge in [0.1, 0.15) is 18.7 Å². The highest BCUT2D eigenvalue weighted by molar-refractivity contribution is 5.95. The normalized spacial score (nSPS) is 16.8. The van der Waals surface area contributed by atoms with Gasteiger partial charge in [0.2, 0.25) is 5.91 Å². The first-order valence-corrected chi connectivity index (χ1v) is 12.4. The molecule has 1 aromatic rings. The molecular weight excluding hydrogens is 422 g/mol. The van der Waals surface area contributed by atoms with Crippen LogP contribution in [0.25, 0.3) is 0 Å². The van der Waals surface area contributed by atoms with Gasteiger partial charge in [-0.2, -0.15) is 0 Å². The monoisotopic (exact) mass is 459 g/mol. The zero-order valence-corrected chi connectivity index (χ0v) is 19.7. The fourth-order valence-electron chi connectivity index (χ4n) is 4.91. The molecule has 1 aromatic heterocycles. The van der Waals surface area contributed by atoms with E-state index in [4.69, 9.17) is 4.74 Å². The summed E-state index contributed by atoms with van der Waals surface area (Å²) in [5.74, 6) is -0.880. The van der Waals surface area contributed by atoms with E-state index in [2.05, 4.69) is 10.6 Å². The van der Waals surface area contributed by atoms with Gasteiger partial charge in [-0.15, -0.1) is 0 Å². The first-order chi connectivity index (χ1) is 16.0. The Labute approximate surface area is 195 Å². The second-order valence-corrected chi connectivity index (χ2v) is 9.25. The third-order valence-electron chi connectivity index (χ3n) is 6.64. The molecule has 3 rings (SSSR count). The second-order valence-electron chi connectivity index (χ2n) is 9.25. The van der Waals surface area contributed by atoms with Gasteiger partial charge < -0.3 is 19.9 Å². The van der Waals surface area contributed by atoms with Crippen molar-refractivity contribution in [2.45, 2.75) is 84.1 Å². The van der Waals surface area contributed by atoms with Gasteiger partial charge in [-0.05, 0) is 56.1 Å². The lowest BCUT2D eigenvalue weighted by Crippen LogP contribution is -2.39. The summed E-state index contributed by atoms with van der Waals surface area (Å²) in [6.07, 6.45) is 12.1. The molecule has 1 fully saturated rings. The van der Waals surface area contributed by atoms with Crippen LogP contribution >= 0.6 is 0 Å². The molecule has 1 heterocycles. The van der Waals surface area contributed by atoms with Crippen molar-refractivity contribution in [1.82, 2.24) is 15.2 Å². The summed E-state index contributed by atoms with van der Waals surface area (Å²) in [5.41, 5.74) is 2.04. The number of fused-ring (bicyclic) bond motifs is 1. The summed E-state index contributed by atoms with van der Waals surface area (Å²) in [5, 5.41) is 5.07. The molecule has 33 heavy (non-hydrogen) atoms. The van der Waals surface area contributed by atoms with Crippen LogP contribution in [0.15, 0.2) is 10.9 Å². The average molecular weight is 460 g/mol. The number of amides is 2.